The molecule has 3 unspecified atom stereocenters. The summed E-state index contributed by atoms with van der Waals surface area (Å²) < 4.78 is 0. The zero-order chi connectivity index (χ0) is 15.4. The number of hydrogen-bond acceptors (Lipinski definition) is 2. The Hall–Kier alpha value is -1.35. The number of hydrogen-bond donors (Lipinski definition) is 1. The molecule has 1 aromatic rings. The van der Waals surface area contributed by atoms with Gasteiger partial charge in [-0.2, -0.15) is 0 Å². The molecule has 0 saturated heterocycles. The van der Waals surface area contributed by atoms with Crippen molar-refractivity contribution in [2.24, 2.45) is 0 Å². The first-order valence-corrected chi connectivity index (χ1v) is 8.22. The number of nitrogens with one attached hydrogen (secondary N) is 1. The molecule has 1 N–H and O–H groups in total. The van der Waals surface area contributed by atoms with Gasteiger partial charge in [0, 0.05) is 19.1 Å². The zero-order valence-corrected chi connectivity index (χ0v) is 13.7. The van der Waals surface area contributed by atoms with Crippen LogP contribution in [0.25, 0.3) is 0 Å². The molecule has 0 spiro atoms. The third kappa shape index (κ3) is 3.46. The molecule has 1 aromatic carbocycles. The maximum atomic E-state index is 12.4. The van der Waals surface area contributed by atoms with Crippen LogP contribution in [-0.2, 0) is 4.79 Å². The Morgan fingerprint density at radius 2 is 1.86 bits per heavy atom. The molecule has 3 heteroatoms. The van der Waals surface area contributed by atoms with E-state index in [9.17, 15) is 4.79 Å². The molecular formula is C18H28N2O. The summed E-state index contributed by atoms with van der Waals surface area (Å²) in [6.07, 6.45) is 2.29. The highest BCUT2D eigenvalue weighted by molar-refractivity contribution is 5.81. The lowest BCUT2D eigenvalue weighted by atomic mass is 9.81. The van der Waals surface area contributed by atoms with Crippen molar-refractivity contribution < 1.29 is 4.79 Å². The van der Waals surface area contributed by atoms with Gasteiger partial charge in [0.15, 0.2) is 0 Å². The number of likely N-dealkylation sites (N-methyl/N-ethyl adjacent to an activating group) is 1. The van der Waals surface area contributed by atoms with E-state index in [-0.39, 0.29) is 11.9 Å². The number of amides is 1. The second-order valence-corrected chi connectivity index (χ2v) is 6.06. The summed E-state index contributed by atoms with van der Waals surface area (Å²) in [4.78, 5) is 14.3. The van der Waals surface area contributed by atoms with E-state index < -0.39 is 0 Å². The van der Waals surface area contributed by atoms with Gasteiger partial charge in [-0.15, -0.1) is 0 Å². The summed E-state index contributed by atoms with van der Waals surface area (Å²) in [6.45, 7) is 9.90. The first kappa shape index (κ1) is 16.0. The fourth-order valence-corrected chi connectivity index (χ4v) is 3.36. The highest BCUT2D eigenvalue weighted by Crippen LogP contribution is 2.37. The molecule has 1 amide bonds. The lowest BCUT2D eigenvalue weighted by molar-refractivity contribution is -0.132. The Morgan fingerprint density at radius 3 is 2.48 bits per heavy atom. The summed E-state index contributed by atoms with van der Waals surface area (Å²) in [5.41, 5.74) is 2.80. The molecule has 21 heavy (non-hydrogen) atoms. The van der Waals surface area contributed by atoms with Crippen LogP contribution in [0.15, 0.2) is 24.3 Å². The van der Waals surface area contributed by atoms with Crippen LogP contribution in [0.5, 0.6) is 0 Å². The minimum atomic E-state index is -0.128. The van der Waals surface area contributed by atoms with Crippen molar-refractivity contribution in [2.75, 3.05) is 13.1 Å². The van der Waals surface area contributed by atoms with E-state index in [2.05, 4.69) is 36.5 Å². The number of carbonyl (C=O) groups excluding carboxylic acids is 1. The van der Waals surface area contributed by atoms with Gasteiger partial charge in [-0.05, 0) is 50.7 Å². The normalized spacial score (nSPS) is 22.5. The van der Waals surface area contributed by atoms with Crippen LogP contribution in [-0.4, -0.2) is 29.9 Å². The van der Waals surface area contributed by atoms with Gasteiger partial charge in [0.05, 0.1) is 6.04 Å². The van der Waals surface area contributed by atoms with Crippen molar-refractivity contribution in [3.8, 4) is 0 Å². The van der Waals surface area contributed by atoms with Crippen LogP contribution >= 0.6 is 0 Å². The lowest BCUT2D eigenvalue weighted by Crippen LogP contribution is -2.46. The van der Waals surface area contributed by atoms with Crippen LogP contribution in [0.4, 0.5) is 0 Å². The van der Waals surface area contributed by atoms with Gasteiger partial charge < -0.3 is 4.90 Å². The third-order valence-corrected chi connectivity index (χ3v) is 4.69. The minimum absolute atomic E-state index is 0.128. The Kier molecular flexibility index (Phi) is 5.40. The molecule has 3 atom stereocenters. The van der Waals surface area contributed by atoms with E-state index in [4.69, 9.17) is 0 Å². The molecule has 0 saturated carbocycles. The zero-order valence-electron chi connectivity index (χ0n) is 13.7. The number of rotatable bonds is 5. The summed E-state index contributed by atoms with van der Waals surface area (Å²) in [5, 5.41) is 3.55. The first-order chi connectivity index (χ1) is 10.1. The summed E-state index contributed by atoms with van der Waals surface area (Å²) >= 11 is 0. The van der Waals surface area contributed by atoms with Gasteiger partial charge in [-0.3, -0.25) is 10.1 Å². The second-order valence-electron chi connectivity index (χ2n) is 6.06. The molecule has 1 aliphatic rings. The standard InChI is InChI=1S/C18H28N2O/c1-5-20(6-2)18(21)14(4)19-17-12-11-13(3)15-9-7-8-10-16(15)17/h7-10,13-14,17,19H,5-6,11-12H2,1-4H3. The van der Waals surface area contributed by atoms with Crippen LogP contribution in [0.2, 0.25) is 0 Å². The van der Waals surface area contributed by atoms with Gasteiger partial charge >= 0.3 is 0 Å². The summed E-state index contributed by atoms with van der Waals surface area (Å²) in [7, 11) is 0. The number of benzene rings is 1. The monoisotopic (exact) mass is 288 g/mol. The van der Waals surface area contributed by atoms with Gasteiger partial charge in [0.1, 0.15) is 0 Å². The van der Waals surface area contributed by atoms with E-state index in [0.29, 0.717) is 12.0 Å². The SMILES string of the molecule is CCN(CC)C(=O)C(C)NC1CCC(C)c2ccccc21. The third-order valence-electron chi connectivity index (χ3n) is 4.69. The van der Waals surface area contributed by atoms with E-state index in [1.165, 1.54) is 17.5 Å². The van der Waals surface area contributed by atoms with Crippen LogP contribution in [0, 0.1) is 0 Å². The number of nitrogens with zero attached hydrogens (tertiary/aromatic N) is 1. The molecule has 0 radical (unpaired) electrons. The second kappa shape index (κ2) is 7.08. The predicted molar refractivity (Wildman–Crippen MR) is 87.4 cm³/mol. The Bertz CT molecular complexity index is 482. The van der Waals surface area contributed by atoms with E-state index in [1.807, 2.05) is 25.7 Å². The molecule has 0 aliphatic heterocycles. The van der Waals surface area contributed by atoms with E-state index in [1.54, 1.807) is 0 Å². The number of fused-ring (bicyclic) bond motifs is 1. The molecule has 0 heterocycles. The summed E-state index contributed by atoms with van der Waals surface area (Å²) in [5.74, 6) is 0.823. The van der Waals surface area contributed by atoms with Crippen molar-refractivity contribution in [3.63, 3.8) is 0 Å². The smallest absolute Gasteiger partial charge is 0.239 e. The van der Waals surface area contributed by atoms with Crippen molar-refractivity contribution >= 4 is 5.91 Å². The molecule has 1 aliphatic carbocycles. The van der Waals surface area contributed by atoms with Crippen LogP contribution in [0.1, 0.15) is 63.6 Å². The fraction of sp³-hybridized carbons (Fsp3) is 0.611. The van der Waals surface area contributed by atoms with Crippen molar-refractivity contribution in [3.05, 3.63) is 35.4 Å². The average molecular weight is 288 g/mol. The molecule has 0 bridgehead atoms. The van der Waals surface area contributed by atoms with E-state index in [0.717, 1.165) is 19.5 Å². The van der Waals surface area contributed by atoms with Crippen molar-refractivity contribution in [2.45, 2.75) is 58.5 Å². The lowest BCUT2D eigenvalue weighted by Gasteiger charge is -2.33. The Labute approximate surface area is 128 Å². The Morgan fingerprint density at radius 1 is 1.24 bits per heavy atom. The largest absolute Gasteiger partial charge is 0.342 e. The van der Waals surface area contributed by atoms with Crippen LogP contribution < -0.4 is 5.32 Å². The topological polar surface area (TPSA) is 32.3 Å². The van der Waals surface area contributed by atoms with Crippen LogP contribution in [0.3, 0.4) is 0 Å². The summed E-state index contributed by atoms with van der Waals surface area (Å²) in [6, 6.07) is 8.82. The molecular weight excluding hydrogens is 260 g/mol. The van der Waals surface area contributed by atoms with Gasteiger partial charge in [0.25, 0.3) is 0 Å². The average Bonchev–Trinajstić information content (AvgIpc) is 2.51. The molecule has 116 valence electrons. The maximum Gasteiger partial charge on any atom is 0.239 e. The minimum Gasteiger partial charge on any atom is -0.342 e. The molecule has 0 aromatic heterocycles. The van der Waals surface area contributed by atoms with Crippen molar-refractivity contribution in [1.29, 1.82) is 0 Å². The molecule has 3 nitrogen and oxygen atoms in total. The maximum absolute atomic E-state index is 12.4. The highest BCUT2D eigenvalue weighted by atomic mass is 16.2. The fourth-order valence-electron chi connectivity index (χ4n) is 3.36. The first-order valence-electron chi connectivity index (χ1n) is 8.22. The van der Waals surface area contributed by atoms with Crippen molar-refractivity contribution in [1.82, 2.24) is 10.2 Å². The Balaban J connectivity index is 2.10. The molecule has 0 fully saturated rings. The predicted octanol–water partition coefficient (Wildman–Crippen LogP) is 3.47. The molecule has 2 rings (SSSR count). The van der Waals surface area contributed by atoms with Gasteiger partial charge in [-0.1, -0.05) is 31.2 Å². The van der Waals surface area contributed by atoms with Gasteiger partial charge in [0.2, 0.25) is 5.91 Å². The van der Waals surface area contributed by atoms with E-state index >= 15 is 0 Å². The quantitative estimate of drug-likeness (QED) is 0.899. The number of carbonyl (C=O) groups is 1. The highest BCUT2D eigenvalue weighted by Gasteiger charge is 2.27. The van der Waals surface area contributed by atoms with Gasteiger partial charge in [-0.25, -0.2) is 0 Å².